The van der Waals surface area contributed by atoms with Crippen molar-refractivity contribution in [1.29, 1.82) is 0 Å². The zero-order valence-corrected chi connectivity index (χ0v) is 21.1. The van der Waals surface area contributed by atoms with Crippen molar-refractivity contribution in [3.8, 4) is 11.6 Å². The molecule has 35 heavy (non-hydrogen) atoms. The lowest BCUT2D eigenvalue weighted by atomic mass is 9.99. The number of likely N-dealkylation sites (N-methyl/N-ethyl adjacent to an activating group) is 1. The molecular weight excluding hydrogens is 488 g/mol. The van der Waals surface area contributed by atoms with Crippen LogP contribution in [0.1, 0.15) is 11.1 Å². The lowest BCUT2D eigenvalue weighted by Gasteiger charge is -2.26. The van der Waals surface area contributed by atoms with E-state index in [1.165, 1.54) is 17.3 Å². The summed E-state index contributed by atoms with van der Waals surface area (Å²) in [5, 5.41) is 4.31. The highest BCUT2D eigenvalue weighted by molar-refractivity contribution is 7.92. The second-order valence-electron chi connectivity index (χ2n) is 8.60. The van der Waals surface area contributed by atoms with Gasteiger partial charge in [-0.3, -0.25) is 9.29 Å². The predicted molar refractivity (Wildman–Crippen MR) is 139 cm³/mol. The molecule has 1 aliphatic rings. The van der Waals surface area contributed by atoms with Gasteiger partial charge in [-0.2, -0.15) is 4.98 Å². The van der Waals surface area contributed by atoms with E-state index in [1.54, 1.807) is 17.9 Å². The summed E-state index contributed by atoms with van der Waals surface area (Å²) in [6.45, 7) is 1.86. The third kappa shape index (κ3) is 4.77. The lowest BCUT2D eigenvalue weighted by Crippen LogP contribution is -2.26. The van der Waals surface area contributed by atoms with Crippen molar-refractivity contribution in [2.75, 3.05) is 37.0 Å². The zero-order chi connectivity index (χ0) is 24.7. The number of rotatable bonds is 6. The minimum atomic E-state index is -3.47. The Kier molecular flexibility index (Phi) is 6.04. The molecule has 0 saturated heterocycles. The molecule has 0 aliphatic carbocycles. The first-order valence-electron chi connectivity index (χ1n) is 11.0. The van der Waals surface area contributed by atoms with Crippen LogP contribution in [0.25, 0.3) is 16.7 Å². The quantitative estimate of drug-likeness (QED) is 0.399. The van der Waals surface area contributed by atoms with E-state index in [4.69, 9.17) is 16.3 Å². The summed E-state index contributed by atoms with van der Waals surface area (Å²) in [6.07, 6.45) is 5.26. The monoisotopic (exact) mass is 512 g/mol. The molecule has 2 N–H and O–H groups in total. The van der Waals surface area contributed by atoms with Gasteiger partial charge in [-0.15, -0.1) is 0 Å². The SMILES string of the molecule is COc1cc2c(cc1Nc1ncc(Cl)c(-n3cc(NS(C)(=O)=O)c4ccccc43)n1)CN(C)CC2. The van der Waals surface area contributed by atoms with Gasteiger partial charge < -0.3 is 15.0 Å². The number of nitrogens with one attached hydrogen (secondary N) is 2. The summed E-state index contributed by atoms with van der Waals surface area (Å²) >= 11 is 6.50. The molecule has 11 heteroatoms. The average molecular weight is 513 g/mol. The van der Waals surface area contributed by atoms with Gasteiger partial charge in [0.05, 0.1) is 36.5 Å². The first kappa shape index (κ1) is 23.4. The van der Waals surface area contributed by atoms with E-state index >= 15 is 0 Å². The van der Waals surface area contributed by atoms with Crippen LogP contribution in [-0.4, -0.2) is 54.8 Å². The van der Waals surface area contributed by atoms with Crippen LogP contribution in [0, 0.1) is 0 Å². The summed E-state index contributed by atoms with van der Waals surface area (Å²) < 4.78 is 33.7. The van der Waals surface area contributed by atoms with E-state index in [2.05, 4.69) is 44.1 Å². The van der Waals surface area contributed by atoms with E-state index in [9.17, 15) is 8.42 Å². The van der Waals surface area contributed by atoms with E-state index in [0.29, 0.717) is 28.2 Å². The minimum Gasteiger partial charge on any atom is -0.495 e. The van der Waals surface area contributed by atoms with E-state index in [0.717, 1.165) is 42.4 Å². The van der Waals surface area contributed by atoms with Crippen molar-refractivity contribution in [2.24, 2.45) is 0 Å². The molecule has 182 valence electrons. The van der Waals surface area contributed by atoms with Crippen LogP contribution in [0.4, 0.5) is 17.3 Å². The van der Waals surface area contributed by atoms with Gasteiger partial charge >= 0.3 is 0 Å². The maximum atomic E-state index is 11.9. The number of benzene rings is 2. The fraction of sp³-hybridized carbons (Fsp3) is 0.250. The molecule has 0 bridgehead atoms. The van der Waals surface area contributed by atoms with E-state index in [1.807, 2.05) is 24.3 Å². The highest BCUT2D eigenvalue weighted by atomic mass is 35.5. The molecule has 0 atom stereocenters. The van der Waals surface area contributed by atoms with Crippen LogP contribution in [0.15, 0.2) is 48.8 Å². The van der Waals surface area contributed by atoms with Crippen molar-refractivity contribution in [1.82, 2.24) is 19.4 Å². The molecule has 0 fully saturated rings. The Morgan fingerprint density at radius 1 is 1.14 bits per heavy atom. The van der Waals surface area contributed by atoms with E-state index in [-0.39, 0.29) is 0 Å². The average Bonchev–Trinajstić information content (AvgIpc) is 3.16. The van der Waals surface area contributed by atoms with Crippen LogP contribution >= 0.6 is 11.6 Å². The molecule has 0 unspecified atom stereocenters. The molecule has 5 rings (SSSR count). The van der Waals surface area contributed by atoms with Crippen molar-refractivity contribution in [3.63, 3.8) is 0 Å². The van der Waals surface area contributed by atoms with E-state index < -0.39 is 10.0 Å². The molecule has 3 heterocycles. The first-order chi connectivity index (χ1) is 16.7. The van der Waals surface area contributed by atoms with Gasteiger partial charge in [0.2, 0.25) is 16.0 Å². The molecule has 2 aromatic heterocycles. The van der Waals surface area contributed by atoms with Gasteiger partial charge in [0, 0.05) is 24.7 Å². The summed E-state index contributed by atoms with van der Waals surface area (Å²) in [6, 6.07) is 11.5. The minimum absolute atomic E-state index is 0.321. The number of anilines is 3. The van der Waals surface area contributed by atoms with Crippen LogP contribution < -0.4 is 14.8 Å². The zero-order valence-electron chi connectivity index (χ0n) is 19.5. The number of nitrogens with zero attached hydrogens (tertiary/aromatic N) is 4. The number of hydrogen-bond acceptors (Lipinski definition) is 7. The molecule has 0 amide bonds. The smallest absolute Gasteiger partial charge is 0.229 e. The Morgan fingerprint density at radius 2 is 1.94 bits per heavy atom. The first-order valence-corrected chi connectivity index (χ1v) is 13.2. The Bertz CT molecular complexity index is 1540. The molecular formula is C24H25ClN6O3S. The number of sulfonamides is 1. The number of hydrogen-bond donors (Lipinski definition) is 2. The lowest BCUT2D eigenvalue weighted by molar-refractivity contribution is 0.312. The maximum absolute atomic E-state index is 11.9. The summed E-state index contributed by atoms with van der Waals surface area (Å²) in [7, 11) is 0.263. The van der Waals surface area contributed by atoms with Crippen LogP contribution in [0.5, 0.6) is 5.75 Å². The fourth-order valence-corrected chi connectivity index (χ4v) is 5.08. The Labute approximate surface area is 208 Å². The second kappa shape index (κ2) is 9.03. The summed E-state index contributed by atoms with van der Waals surface area (Å²) in [5.41, 5.74) is 4.44. The molecule has 0 spiro atoms. The molecule has 0 radical (unpaired) electrons. The summed E-state index contributed by atoms with van der Waals surface area (Å²) in [4.78, 5) is 11.3. The van der Waals surface area contributed by atoms with Gasteiger partial charge in [0.1, 0.15) is 10.8 Å². The standard InChI is InChI=1S/C24H25ClN6O3S/c1-30-9-8-15-11-22(34-2)19(10-16(15)13-30)27-24-26-12-18(25)23(28-24)31-14-20(29-35(3,32)33)17-6-4-5-7-21(17)31/h4-7,10-12,14,29H,8-9,13H2,1-3H3,(H,26,27,28). The third-order valence-electron chi connectivity index (χ3n) is 5.93. The topological polar surface area (TPSA) is 101 Å². The number of fused-ring (bicyclic) bond motifs is 2. The summed E-state index contributed by atoms with van der Waals surface area (Å²) in [5.74, 6) is 1.46. The van der Waals surface area contributed by atoms with Crippen LogP contribution in [-0.2, 0) is 23.0 Å². The molecule has 0 saturated carbocycles. The number of para-hydroxylation sites is 1. The second-order valence-corrected chi connectivity index (χ2v) is 10.8. The van der Waals surface area contributed by atoms with Gasteiger partial charge in [0.15, 0.2) is 5.82 Å². The Balaban J connectivity index is 1.56. The number of ether oxygens (including phenoxy) is 1. The number of methoxy groups -OCH3 is 1. The predicted octanol–water partition coefficient (Wildman–Crippen LogP) is 4.19. The largest absolute Gasteiger partial charge is 0.495 e. The van der Waals surface area contributed by atoms with Crippen molar-refractivity contribution >= 4 is 49.9 Å². The molecule has 1 aliphatic heterocycles. The van der Waals surface area contributed by atoms with Crippen molar-refractivity contribution in [2.45, 2.75) is 13.0 Å². The Morgan fingerprint density at radius 3 is 2.71 bits per heavy atom. The molecule has 2 aromatic carbocycles. The van der Waals surface area contributed by atoms with Gasteiger partial charge in [0.25, 0.3) is 0 Å². The highest BCUT2D eigenvalue weighted by Crippen LogP contribution is 2.34. The van der Waals surface area contributed by atoms with Crippen molar-refractivity contribution < 1.29 is 13.2 Å². The Hall–Kier alpha value is -3.34. The third-order valence-corrected chi connectivity index (χ3v) is 6.79. The number of halogens is 1. The normalized spacial score (nSPS) is 14.1. The van der Waals surface area contributed by atoms with Gasteiger partial charge in [-0.1, -0.05) is 29.8 Å². The van der Waals surface area contributed by atoms with Gasteiger partial charge in [-0.25, -0.2) is 13.4 Å². The maximum Gasteiger partial charge on any atom is 0.229 e. The van der Waals surface area contributed by atoms with Crippen LogP contribution in [0.2, 0.25) is 5.02 Å². The molecule has 4 aromatic rings. The van der Waals surface area contributed by atoms with Gasteiger partial charge in [-0.05, 0) is 42.8 Å². The molecule has 9 nitrogen and oxygen atoms in total. The van der Waals surface area contributed by atoms with Crippen molar-refractivity contribution in [3.05, 3.63) is 64.9 Å². The fourth-order valence-electron chi connectivity index (χ4n) is 4.34. The number of aromatic nitrogens is 3. The van der Waals surface area contributed by atoms with Crippen LogP contribution in [0.3, 0.4) is 0 Å². The highest BCUT2D eigenvalue weighted by Gasteiger charge is 2.19.